The Labute approximate surface area is 171 Å². The van der Waals surface area contributed by atoms with Gasteiger partial charge in [0.2, 0.25) is 0 Å². The number of anilines is 2. The predicted octanol–water partition coefficient (Wildman–Crippen LogP) is 2.41. The molecule has 7 nitrogen and oxygen atoms in total. The van der Waals surface area contributed by atoms with E-state index >= 15 is 0 Å². The van der Waals surface area contributed by atoms with E-state index in [2.05, 4.69) is 32.0 Å². The van der Waals surface area contributed by atoms with Crippen LogP contribution in [0.1, 0.15) is 16.8 Å². The fourth-order valence-corrected chi connectivity index (χ4v) is 3.86. The molecule has 4 rings (SSSR count). The van der Waals surface area contributed by atoms with Crippen molar-refractivity contribution in [2.24, 2.45) is 0 Å². The summed E-state index contributed by atoms with van der Waals surface area (Å²) < 4.78 is 55.9. The molecule has 0 fully saturated rings. The number of aromatic nitrogens is 2. The van der Waals surface area contributed by atoms with E-state index < -0.39 is 32.9 Å². The van der Waals surface area contributed by atoms with Crippen LogP contribution in [-0.4, -0.2) is 25.4 Å². The van der Waals surface area contributed by atoms with Gasteiger partial charge in [0.15, 0.2) is 5.82 Å². The average Bonchev–Trinajstić information content (AvgIpc) is 3.11. The number of hydrogen-bond donors (Lipinski definition) is 2. The van der Waals surface area contributed by atoms with Gasteiger partial charge in [0.25, 0.3) is 10.0 Å². The molecule has 0 saturated carbocycles. The fourth-order valence-electron chi connectivity index (χ4n) is 2.84. The van der Waals surface area contributed by atoms with Gasteiger partial charge in [0.1, 0.15) is 22.2 Å². The van der Waals surface area contributed by atoms with Gasteiger partial charge in [-0.3, -0.25) is 14.7 Å². The van der Waals surface area contributed by atoms with Crippen molar-refractivity contribution in [3.05, 3.63) is 77.2 Å². The van der Waals surface area contributed by atoms with E-state index in [1.807, 2.05) is 6.07 Å². The first-order valence-electron chi connectivity index (χ1n) is 8.75. The van der Waals surface area contributed by atoms with E-state index in [0.29, 0.717) is 18.1 Å². The lowest BCUT2D eigenvalue weighted by Gasteiger charge is -2.10. The van der Waals surface area contributed by atoms with Gasteiger partial charge in [-0.2, -0.15) is 0 Å². The van der Waals surface area contributed by atoms with Crippen molar-refractivity contribution in [1.29, 1.82) is 0 Å². The van der Waals surface area contributed by atoms with Crippen molar-refractivity contribution in [3.8, 4) is 11.8 Å². The molecule has 0 radical (unpaired) electrons. The number of hydrazine groups is 1. The maximum atomic E-state index is 14.8. The van der Waals surface area contributed by atoms with E-state index in [9.17, 15) is 17.2 Å². The molecule has 1 aromatic carbocycles. The van der Waals surface area contributed by atoms with Crippen LogP contribution in [-0.2, 0) is 16.6 Å². The van der Waals surface area contributed by atoms with Crippen LogP contribution in [0.3, 0.4) is 0 Å². The van der Waals surface area contributed by atoms with Crippen molar-refractivity contribution in [2.75, 3.05) is 16.8 Å². The first-order chi connectivity index (χ1) is 14.3. The molecule has 0 unspecified atom stereocenters. The third kappa shape index (κ3) is 3.80. The second kappa shape index (κ2) is 7.70. The van der Waals surface area contributed by atoms with Gasteiger partial charge < -0.3 is 0 Å². The Hall–Kier alpha value is -3.55. The van der Waals surface area contributed by atoms with Crippen LogP contribution >= 0.6 is 0 Å². The summed E-state index contributed by atoms with van der Waals surface area (Å²) >= 11 is 0. The van der Waals surface area contributed by atoms with Crippen LogP contribution in [0.25, 0.3) is 0 Å². The Morgan fingerprint density at radius 1 is 1.17 bits per heavy atom. The summed E-state index contributed by atoms with van der Waals surface area (Å²) in [5.41, 5.74) is 3.40. The molecule has 2 aromatic heterocycles. The van der Waals surface area contributed by atoms with E-state index in [-0.39, 0.29) is 4.90 Å². The molecule has 3 aromatic rings. The van der Waals surface area contributed by atoms with Gasteiger partial charge in [0, 0.05) is 31.5 Å². The molecule has 0 saturated heterocycles. The van der Waals surface area contributed by atoms with E-state index in [1.54, 1.807) is 18.1 Å². The van der Waals surface area contributed by atoms with Gasteiger partial charge in [-0.25, -0.2) is 27.6 Å². The number of nitrogens with zero attached hydrogens (tertiary/aromatic N) is 3. The van der Waals surface area contributed by atoms with Gasteiger partial charge in [0.05, 0.1) is 11.3 Å². The summed E-state index contributed by atoms with van der Waals surface area (Å²) in [6.07, 6.45) is 2.53. The molecule has 3 heterocycles. The van der Waals surface area contributed by atoms with Crippen LogP contribution in [0, 0.1) is 23.5 Å². The lowest BCUT2D eigenvalue weighted by Crippen LogP contribution is -2.27. The smallest absolute Gasteiger partial charge is 0.263 e. The summed E-state index contributed by atoms with van der Waals surface area (Å²) in [5, 5.41) is 1.73. The second-order valence-corrected chi connectivity index (χ2v) is 8.08. The highest BCUT2D eigenvalue weighted by molar-refractivity contribution is 7.92. The first-order valence-corrected chi connectivity index (χ1v) is 10.2. The molecule has 1 aliphatic heterocycles. The quantitative estimate of drug-likeness (QED) is 0.625. The minimum Gasteiger partial charge on any atom is -0.295 e. The predicted molar refractivity (Wildman–Crippen MR) is 107 cm³/mol. The van der Waals surface area contributed by atoms with Gasteiger partial charge >= 0.3 is 0 Å². The molecule has 0 amide bonds. The molecule has 0 aliphatic carbocycles. The molecule has 152 valence electrons. The minimum absolute atomic E-state index is 0.151. The van der Waals surface area contributed by atoms with E-state index in [0.717, 1.165) is 23.9 Å². The SMILES string of the molecule is CN1NCc2ccc(C#Cc3c(F)ccc(NS(=O)(=O)c4cccnc4)c3F)nc21. The number of nitrogens with one attached hydrogen (secondary N) is 2. The molecule has 0 atom stereocenters. The summed E-state index contributed by atoms with van der Waals surface area (Å²) in [6, 6.07) is 8.16. The maximum absolute atomic E-state index is 14.8. The zero-order chi connectivity index (χ0) is 21.3. The van der Waals surface area contributed by atoms with Gasteiger partial charge in [-0.1, -0.05) is 12.0 Å². The van der Waals surface area contributed by atoms with Crippen LogP contribution in [0.15, 0.2) is 53.7 Å². The van der Waals surface area contributed by atoms with Crippen molar-refractivity contribution in [3.63, 3.8) is 0 Å². The number of halogens is 2. The van der Waals surface area contributed by atoms with Gasteiger partial charge in [-0.05, 0) is 36.3 Å². The highest BCUT2D eigenvalue weighted by Crippen LogP contribution is 2.24. The lowest BCUT2D eigenvalue weighted by atomic mass is 10.1. The molecule has 2 N–H and O–H groups in total. The molecule has 0 bridgehead atoms. The number of hydrogen-bond acceptors (Lipinski definition) is 6. The van der Waals surface area contributed by atoms with Crippen molar-refractivity contribution in [2.45, 2.75) is 11.4 Å². The number of pyridine rings is 2. The third-order valence-electron chi connectivity index (χ3n) is 4.38. The molecular weight excluding hydrogens is 412 g/mol. The fraction of sp³-hybridized carbons (Fsp3) is 0.100. The van der Waals surface area contributed by atoms with Crippen LogP contribution in [0.5, 0.6) is 0 Å². The van der Waals surface area contributed by atoms with Gasteiger partial charge in [-0.15, -0.1) is 0 Å². The zero-order valence-corrected chi connectivity index (χ0v) is 16.5. The average molecular weight is 427 g/mol. The second-order valence-electron chi connectivity index (χ2n) is 6.40. The number of sulfonamides is 1. The largest absolute Gasteiger partial charge is 0.295 e. The van der Waals surface area contributed by atoms with Crippen LogP contribution in [0.2, 0.25) is 0 Å². The van der Waals surface area contributed by atoms with Crippen LogP contribution < -0.4 is 15.2 Å². The number of rotatable bonds is 3. The maximum Gasteiger partial charge on any atom is 0.263 e. The molecule has 10 heteroatoms. The Kier molecular flexibility index (Phi) is 5.07. The number of fused-ring (bicyclic) bond motifs is 1. The van der Waals surface area contributed by atoms with E-state index in [1.165, 1.54) is 18.3 Å². The lowest BCUT2D eigenvalue weighted by molar-refractivity contribution is 0.578. The van der Waals surface area contributed by atoms with Crippen molar-refractivity contribution in [1.82, 2.24) is 15.4 Å². The standard InChI is InChI=1S/C20H15F2N5O2S/c1-27-20-13(11-24-27)4-5-14(25-20)6-7-16-17(21)8-9-18(19(16)22)26-30(28,29)15-3-2-10-23-12-15/h2-5,8-10,12,24,26H,11H2,1H3. The molecule has 1 aliphatic rings. The Bertz CT molecular complexity index is 1290. The van der Waals surface area contributed by atoms with E-state index in [4.69, 9.17) is 0 Å². The summed E-state index contributed by atoms with van der Waals surface area (Å²) in [6.45, 7) is 0.634. The minimum atomic E-state index is -4.09. The summed E-state index contributed by atoms with van der Waals surface area (Å²) in [4.78, 5) is 7.93. The zero-order valence-electron chi connectivity index (χ0n) is 15.6. The first kappa shape index (κ1) is 19.8. The summed E-state index contributed by atoms with van der Waals surface area (Å²) in [5.74, 6) is 3.71. The Morgan fingerprint density at radius 2 is 2.00 bits per heavy atom. The molecule has 0 spiro atoms. The third-order valence-corrected chi connectivity index (χ3v) is 5.73. The normalized spacial score (nSPS) is 12.8. The molecular formula is C20H15F2N5O2S. The Balaban J connectivity index is 1.67. The van der Waals surface area contributed by atoms with Crippen molar-refractivity contribution < 1.29 is 17.2 Å². The Morgan fingerprint density at radius 3 is 2.77 bits per heavy atom. The highest BCUT2D eigenvalue weighted by atomic mass is 32.2. The topological polar surface area (TPSA) is 87.2 Å². The van der Waals surface area contributed by atoms with Crippen molar-refractivity contribution >= 4 is 21.5 Å². The summed E-state index contributed by atoms with van der Waals surface area (Å²) in [7, 11) is -2.29. The van der Waals surface area contributed by atoms with Crippen LogP contribution in [0.4, 0.5) is 20.3 Å². The number of benzene rings is 1. The molecule has 30 heavy (non-hydrogen) atoms. The monoisotopic (exact) mass is 427 g/mol. The highest BCUT2D eigenvalue weighted by Gasteiger charge is 2.20.